The molecule has 1 aromatic heterocycles. The molecule has 0 amide bonds. The maximum Gasteiger partial charge on any atom is 0.149 e. The van der Waals surface area contributed by atoms with Gasteiger partial charge in [-0.1, -0.05) is 24.3 Å². The van der Waals surface area contributed by atoms with Gasteiger partial charge in [-0.05, 0) is 24.3 Å². The van der Waals surface area contributed by atoms with Crippen molar-refractivity contribution in [3.05, 3.63) is 66.0 Å². The largest absolute Gasteiger partial charge is 0.382 e. The minimum absolute atomic E-state index is 0.178. The highest BCUT2D eigenvalue weighted by Crippen LogP contribution is 2.40. The number of nitrogens with one attached hydrogen (secondary N) is 1. The monoisotopic (exact) mass is 328 g/mol. The maximum atomic E-state index is 8.93. The molecule has 3 N–H and O–H groups in total. The molecule has 1 aliphatic heterocycles. The number of nitrogen functional groups attached to an aromatic ring is 1. The topological polar surface area (TPSA) is 90.9 Å². The van der Waals surface area contributed by atoms with Crippen LogP contribution in [0.5, 0.6) is 0 Å². The number of nitrogens with zero attached hydrogens (tertiary/aromatic N) is 4. The number of rotatable bonds is 2. The van der Waals surface area contributed by atoms with E-state index in [1.807, 2.05) is 37.4 Å². The standard InChI is InChI=1S/C19H16N6/c1-25-16-5-3-2-4-14(16)24-19(25)17-18(21)22-11-15(23-17)13-8-6-12(10-20)7-9-13/h2-9,11,19,24H,1H3,(H2,21,22). The predicted octanol–water partition coefficient (Wildman–Crippen LogP) is 3.16. The third kappa shape index (κ3) is 2.52. The average molecular weight is 328 g/mol. The van der Waals surface area contributed by atoms with Gasteiger partial charge in [-0.3, -0.25) is 0 Å². The summed E-state index contributed by atoms with van der Waals surface area (Å²) in [5.74, 6) is 0.398. The lowest BCUT2D eigenvalue weighted by Crippen LogP contribution is -2.26. The molecule has 6 nitrogen and oxygen atoms in total. The lowest BCUT2D eigenvalue weighted by atomic mass is 10.1. The molecule has 0 fully saturated rings. The van der Waals surface area contributed by atoms with E-state index in [1.54, 1.807) is 18.3 Å². The highest BCUT2D eigenvalue weighted by molar-refractivity contribution is 5.77. The number of nitriles is 1. The summed E-state index contributed by atoms with van der Waals surface area (Å²) in [5.41, 5.74) is 11.2. The molecule has 4 rings (SSSR count). The van der Waals surface area contributed by atoms with E-state index in [2.05, 4.69) is 27.3 Å². The zero-order valence-electron chi connectivity index (χ0n) is 13.6. The van der Waals surface area contributed by atoms with Gasteiger partial charge in [0, 0.05) is 12.6 Å². The minimum Gasteiger partial charge on any atom is -0.382 e. The van der Waals surface area contributed by atoms with Crippen molar-refractivity contribution in [1.82, 2.24) is 9.97 Å². The zero-order chi connectivity index (χ0) is 17.4. The number of anilines is 3. The summed E-state index contributed by atoms with van der Waals surface area (Å²) in [4.78, 5) is 11.2. The van der Waals surface area contributed by atoms with Gasteiger partial charge >= 0.3 is 0 Å². The van der Waals surface area contributed by atoms with Crippen LogP contribution in [0.4, 0.5) is 17.2 Å². The Morgan fingerprint density at radius 2 is 1.92 bits per heavy atom. The maximum absolute atomic E-state index is 8.93. The fraction of sp³-hybridized carbons (Fsp3) is 0.105. The van der Waals surface area contributed by atoms with Crippen LogP contribution in [0.1, 0.15) is 17.4 Å². The molecule has 1 aliphatic rings. The third-order valence-electron chi connectivity index (χ3n) is 4.36. The van der Waals surface area contributed by atoms with Crippen LogP contribution >= 0.6 is 0 Å². The van der Waals surface area contributed by atoms with Crippen molar-refractivity contribution in [3.63, 3.8) is 0 Å². The second kappa shape index (κ2) is 5.80. The first-order chi connectivity index (χ1) is 12.2. The van der Waals surface area contributed by atoms with E-state index < -0.39 is 0 Å². The van der Waals surface area contributed by atoms with Crippen molar-refractivity contribution in [3.8, 4) is 17.3 Å². The fourth-order valence-electron chi connectivity index (χ4n) is 3.01. The Labute approximate surface area is 145 Å². The summed E-state index contributed by atoms with van der Waals surface area (Å²) in [6.07, 6.45) is 1.48. The number of para-hydroxylation sites is 2. The molecule has 0 saturated carbocycles. The molecule has 3 aromatic rings. The van der Waals surface area contributed by atoms with Gasteiger partial charge in [0.1, 0.15) is 17.7 Å². The number of hydrogen-bond donors (Lipinski definition) is 2. The van der Waals surface area contributed by atoms with Crippen molar-refractivity contribution < 1.29 is 0 Å². The third-order valence-corrected chi connectivity index (χ3v) is 4.36. The van der Waals surface area contributed by atoms with E-state index in [0.29, 0.717) is 17.1 Å². The Balaban J connectivity index is 1.73. The molecular weight excluding hydrogens is 312 g/mol. The second-order valence-electron chi connectivity index (χ2n) is 5.89. The van der Waals surface area contributed by atoms with Crippen molar-refractivity contribution in [1.29, 1.82) is 5.26 Å². The molecule has 0 aliphatic carbocycles. The van der Waals surface area contributed by atoms with Crippen molar-refractivity contribution >= 4 is 17.2 Å². The highest BCUT2D eigenvalue weighted by Gasteiger charge is 2.30. The van der Waals surface area contributed by atoms with Gasteiger partial charge < -0.3 is 16.0 Å². The molecule has 122 valence electrons. The van der Waals surface area contributed by atoms with Gasteiger partial charge in [-0.2, -0.15) is 5.26 Å². The Kier molecular flexibility index (Phi) is 3.47. The van der Waals surface area contributed by atoms with E-state index in [1.165, 1.54) is 0 Å². The average Bonchev–Trinajstić information content (AvgIpc) is 2.99. The van der Waals surface area contributed by atoms with E-state index in [4.69, 9.17) is 16.0 Å². The van der Waals surface area contributed by atoms with Gasteiger partial charge in [0.05, 0.1) is 34.9 Å². The predicted molar refractivity (Wildman–Crippen MR) is 97.8 cm³/mol. The van der Waals surface area contributed by atoms with Crippen LogP contribution in [0.3, 0.4) is 0 Å². The van der Waals surface area contributed by atoms with Crippen LogP contribution in [-0.2, 0) is 0 Å². The SMILES string of the molecule is CN1c2ccccc2NC1c1nc(-c2ccc(C#N)cc2)cnc1N. The summed E-state index contributed by atoms with van der Waals surface area (Å²) >= 11 is 0. The summed E-state index contributed by atoms with van der Waals surface area (Å²) in [5, 5.41) is 12.4. The van der Waals surface area contributed by atoms with Crippen LogP contribution < -0.4 is 16.0 Å². The van der Waals surface area contributed by atoms with Gasteiger partial charge in [0.15, 0.2) is 0 Å². The smallest absolute Gasteiger partial charge is 0.149 e. The van der Waals surface area contributed by atoms with Crippen LogP contribution in [0.15, 0.2) is 54.7 Å². The molecule has 25 heavy (non-hydrogen) atoms. The quantitative estimate of drug-likeness (QED) is 0.751. The van der Waals surface area contributed by atoms with Gasteiger partial charge in [0.25, 0.3) is 0 Å². The number of hydrogen-bond acceptors (Lipinski definition) is 6. The summed E-state index contributed by atoms with van der Waals surface area (Å²) in [6.45, 7) is 0. The van der Waals surface area contributed by atoms with Crippen molar-refractivity contribution in [2.45, 2.75) is 6.17 Å². The van der Waals surface area contributed by atoms with Crippen LogP contribution in [-0.4, -0.2) is 17.0 Å². The van der Waals surface area contributed by atoms with E-state index >= 15 is 0 Å². The summed E-state index contributed by atoms with van der Waals surface area (Å²) in [7, 11) is 2.00. The lowest BCUT2D eigenvalue weighted by molar-refractivity contribution is 0.760. The normalized spacial score (nSPS) is 15.4. The number of benzene rings is 2. The van der Waals surface area contributed by atoms with Crippen molar-refractivity contribution in [2.75, 3.05) is 23.0 Å². The Morgan fingerprint density at radius 1 is 1.16 bits per heavy atom. The number of fused-ring (bicyclic) bond motifs is 1. The molecule has 0 saturated heterocycles. The fourth-order valence-corrected chi connectivity index (χ4v) is 3.01. The van der Waals surface area contributed by atoms with Crippen LogP contribution in [0, 0.1) is 11.3 Å². The van der Waals surface area contributed by atoms with Gasteiger partial charge in [-0.25, -0.2) is 9.97 Å². The number of aromatic nitrogens is 2. The Morgan fingerprint density at radius 3 is 2.64 bits per heavy atom. The molecule has 1 unspecified atom stereocenters. The molecule has 2 heterocycles. The first kappa shape index (κ1) is 15.0. The van der Waals surface area contributed by atoms with E-state index in [-0.39, 0.29) is 6.17 Å². The van der Waals surface area contributed by atoms with Crippen LogP contribution in [0.25, 0.3) is 11.3 Å². The van der Waals surface area contributed by atoms with E-state index in [0.717, 1.165) is 22.6 Å². The molecule has 0 bridgehead atoms. The minimum atomic E-state index is -0.178. The van der Waals surface area contributed by atoms with Crippen LogP contribution in [0.2, 0.25) is 0 Å². The lowest BCUT2D eigenvalue weighted by Gasteiger charge is -2.22. The van der Waals surface area contributed by atoms with Crippen molar-refractivity contribution in [2.24, 2.45) is 0 Å². The highest BCUT2D eigenvalue weighted by atomic mass is 15.3. The zero-order valence-corrected chi connectivity index (χ0v) is 13.6. The van der Waals surface area contributed by atoms with E-state index in [9.17, 15) is 0 Å². The molecule has 1 atom stereocenters. The summed E-state index contributed by atoms with van der Waals surface area (Å²) in [6, 6.07) is 17.4. The summed E-state index contributed by atoms with van der Waals surface area (Å²) < 4.78 is 0. The molecular formula is C19H16N6. The molecule has 2 aromatic carbocycles. The second-order valence-corrected chi connectivity index (χ2v) is 5.89. The Bertz CT molecular complexity index is 974. The first-order valence-electron chi connectivity index (χ1n) is 7.89. The first-order valence-corrected chi connectivity index (χ1v) is 7.89. The molecule has 0 radical (unpaired) electrons. The Hall–Kier alpha value is -3.59. The molecule has 0 spiro atoms. The van der Waals surface area contributed by atoms with Gasteiger partial charge in [-0.15, -0.1) is 0 Å². The molecule has 6 heteroatoms. The van der Waals surface area contributed by atoms with Gasteiger partial charge in [0.2, 0.25) is 0 Å². The number of nitrogens with two attached hydrogens (primary N) is 1.